The summed E-state index contributed by atoms with van der Waals surface area (Å²) in [4.78, 5) is 10.5. The average Bonchev–Trinajstić information content (AvgIpc) is 1.93. The Balaban J connectivity index is 2.24. The third-order valence-corrected chi connectivity index (χ3v) is 2.12. The minimum atomic E-state index is -0.449. The average molecular weight is 166 g/mol. The van der Waals surface area contributed by atoms with Gasteiger partial charge in [-0.05, 0) is 12.8 Å². The molecule has 2 radical (unpaired) electrons. The molecule has 1 rings (SSSR count). The highest BCUT2D eigenvalue weighted by Crippen LogP contribution is 2.08. The van der Waals surface area contributed by atoms with Crippen molar-refractivity contribution in [3.05, 3.63) is 0 Å². The topological polar surface area (TPSA) is 32.3 Å². The van der Waals surface area contributed by atoms with Crippen molar-refractivity contribution < 1.29 is 4.79 Å². The second-order valence-corrected chi connectivity index (χ2v) is 3.23. The van der Waals surface area contributed by atoms with E-state index in [0.29, 0.717) is 0 Å². The van der Waals surface area contributed by atoms with Gasteiger partial charge in [0.05, 0.1) is 0 Å². The molecule has 0 aliphatic carbocycles. The number of hydrogen-bond donors (Lipinski definition) is 1. The van der Waals surface area contributed by atoms with Gasteiger partial charge in [0.1, 0.15) is 0 Å². The summed E-state index contributed by atoms with van der Waals surface area (Å²) in [5, 5.41) is 1.92. The van der Waals surface area contributed by atoms with Crippen molar-refractivity contribution in [2.45, 2.75) is 32.1 Å². The molecule has 0 atom stereocenters. The van der Waals surface area contributed by atoms with Crippen LogP contribution < -0.4 is 5.43 Å². The maximum absolute atomic E-state index is 10.5. The SMILES string of the molecule is [B]C(=O)NN1CCCCCCC1. The van der Waals surface area contributed by atoms with Gasteiger partial charge in [0.2, 0.25) is 7.85 Å². The van der Waals surface area contributed by atoms with Crippen LogP contribution in [0.3, 0.4) is 0 Å². The number of hydrogen-bond acceptors (Lipinski definition) is 2. The number of nitrogens with one attached hydrogen (secondary N) is 1. The molecular formula is C8H15BN2O. The van der Waals surface area contributed by atoms with Gasteiger partial charge in [0, 0.05) is 13.1 Å². The van der Waals surface area contributed by atoms with Gasteiger partial charge in [0.25, 0.3) is 0 Å². The van der Waals surface area contributed by atoms with Crippen LogP contribution in [0.5, 0.6) is 0 Å². The van der Waals surface area contributed by atoms with E-state index >= 15 is 0 Å². The van der Waals surface area contributed by atoms with Gasteiger partial charge in [-0.1, -0.05) is 19.3 Å². The predicted molar refractivity (Wildman–Crippen MR) is 48.9 cm³/mol. The molecule has 0 aromatic carbocycles. The third-order valence-electron chi connectivity index (χ3n) is 2.12. The zero-order valence-corrected chi connectivity index (χ0v) is 7.38. The van der Waals surface area contributed by atoms with Crippen LogP contribution in [0.4, 0.5) is 4.79 Å². The number of nitrogens with zero attached hydrogens (tertiary/aromatic N) is 1. The van der Waals surface area contributed by atoms with Crippen LogP contribution in [-0.2, 0) is 0 Å². The van der Waals surface area contributed by atoms with Gasteiger partial charge in [-0.3, -0.25) is 10.2 Å². The summed E-state index contributed by atoms with van der Waals surface area (Å²) >= 11 is 0. The van der Waals surface area contributed by atoms with Gasteiger partial charge < -0.3 is 0 Å². The van der Waals surface area contributed by atoms with E-state index in [9.17, 15) is 4.79 Å². The fraction of sp³-hybridized carbons (Fsp3) is 0.875. The first-order chi connectivity index (χ1) is 5.79. The Kier molecular flexibility index (Phi) is 4.15. The summed E-state index contributed by atoms with van der Waals surface area (Å²) in [7, 11) is 5.02. The lowest BCUT2D eigenvalue weighted by molar-refractivity contribution is 0.179. The quantitative estimate of drug-likeness (QED) is 0.590. The number of carbonyl (C=O) groups is 1. The summed E-state index contributed by atoms with van der Waals surface area (Å²) in [6, 6.07) is 0. The van der Waals surface area contributed by atoms with E-state index in [1.807, 2.05) is 5.01 Å². The van der Waals surface area contributed by atoms with E-state index in [1.165, 1.54) is 19.3 Å². The molecule has 0 aromatic heterocycles. The second-order valence-electron chi connectivity index (χ2n) is 3.23. The van der Waals surface area contributed by atoms with Gasteiger partial charge >= 0.3 is 0 Å². The molecule has 0 saturated carbocycles. The predicted octanol–water partition coefficient (Wildman–Crippen LogP) is 1.05. The molecule has 66 valence electrons. The van der Waals surface area contributed by atoms with E-state index in [0.717, 1.165) is 25.9 Å². The van der Waals surface area contributed by atoms with E-state index in [2.05, 4.69) is 5.43 Å². The molecule has 3 nitrogen and oxygen atoms in total. The second kappa shape index (κ2) is 5.20. The molecule has 1 aliphatic heterocycles. The summed E-state index contributed by atoms with van der Waals surface area (Å²) in [5.41, 5.74) is 2.62. The molecule has 0 aromatic rings. The molecule has 1 saturated heterocycles. The number of hydrazine groups is 1. The molecule has 0 bridgehead atoms. The fourth-order valence-corrected chi connectivity index (χ4v) is 1.52. The first kappa shape index (κ1) is 9.58. The Labute approximate surface area is 74.9 Å². The smallest absolute Gasteiger partial charge is 0.202 e. The van der Waals surface area contributed by atoms with E-state index in [-0.39, 0.29) is 0 Å². The fourth-order valence-electron chi connectivity index (χ4n) is 1.52. The van der Waals surface area contributed by atoms with Crippen LogP contribution in [-0.4, -0.2) is 31.8 Å². The van der Waals surface area contributed by atoms with Gasteiger partial charge in [-0.15, -0.1) is 0 Å². The van der Waals surface area contributed by atoms with Crippen molar-refractivity contribution >= 4 is 13.7 Å². The molecule has 0 unspecified atom stereocenters. The van der Waals surface area contributed by atoms with Crippen LogP contribution in [0.2, 0.25) is 0 Å². The highest BCUT2D eigenvalue weighted by Gasteiger charge is 2.07. The maximum Gasteiger partial charge on any atom is 0.202 e. The third kappa shape index (κ3) is 3.76. The molecule has 1 aliphatic rings. The largest absolute Gasteiger partial charge is 0.299 e. The minimum Gasteiger partial charge on any atom is -0.299 e. The van der Waals surface area contributed by atoms with Crippen molar-refractivity contribution in [2.24, 2.45) is 0 Å². The van der Waals surface area contributed by atoms with Crippen molar-refractivity contribution in [3.63, 3.8) is 0 Å². The highest BCUT2D eigenvalue weighted by molar-refractivity contribution is 6.56. The Morgan fingerprint density at radius 2 is 1.58 bits per heavy atom. The normalized spacial score (nSPS) is 21.0. The number of carbonyl (C=O) groups excluding carboxylic acids is 1. The highest BCUT2D eigenvalue weighted by atomic mass is 16.2. The molecular weight excluding hydrogens is 151 g/mol. The molecule has 4 heteroatoms. The molecule has 12 heavy (non-hydrogen) atoms. The first-order valence-electron chi connectivity index (χ1n) is 4.60. The van der Waals surface area contributed by atoms with Crippen molar-refractivity contribution in [2.75, 3.05) is 13.1 Å². The number of amides is 1. The van der Waals surface area contributed by atoms with Crippen LogP contribution >= 0.6 is 0 Å². The van der Waals surface area contributed by atoms with Gasteiger partial charge in [0.15, 0.2) is 5.81 Å². The monoisotopic (exact) mass is 166 g/mol. The Morgan fingerprint density at radius 3 is 2.08 bits per heavy atom. The van der Waals surface area contributed by atoms with Crippen LogP contribution in [0.25, 0.3) is 0 Å². The number of rotatable bonds is 1. The zero-order chi connectivity index (χ0) is 8.81. The molecule has 1 fully saturated rings. The van der Waals surface area contributed by atoms with Crippen LogP contribution in [0.15, 0.2) is 0 Å². The maximum atomic E-state index is 10.5. The lowest BCUT2D eigenvalue weighted by atomic mass is 10.1. The molecule has 0 spiro atoms. The van der Waals surface area contributed by atoms with Gasteiger partial charge in [-0.2, -0.15) is 0 Å². The summed E-state index contributed by atoms with van der Waals surface area (Å²) < 4.78 is 0. The van der Waals surface area contributed by atoms with Crippen LogP contribution in [0.1, 0.15) is 32.1 Å². The Bertz CT molecular complexity index is 144. The lowest BCUT2D eigenvalue weighted by Crippen LogP contribution is -2.43. The summed E-state index contributed by atoms with van der Waals surface area (Å²) in [5.74, 6) is -0.449. The lowest BCUT2D eigenvalue weighted by Gasteiger charge is -2.24. The zero-order valence-electron chi connectivity index (χ0n) is 7.38. The first-order valence-corrected chi connectivity index (χ1v) is 4.60. The molecule has 1 N–H and O–H groups in total. The van der Waals surface area contributed by atoms with E-state index < -0.39 is 5.81 Å². The molecule has 1 heterocycles. The molecule has 1 amide bonds. The van der Waals surface area contributed by atoms with Crippen molar-refractivity contribution in [1.29, 1.82) is 0 Å². The minimum absolute atomic E-state index is 0.449. The summed E-state index contributed by atoms with van der Waals surface area (Å²) in [6.45, 7) is 1.87. The van der Waals surface area contributed by atoms with Crippen molar-refractivity contribution in [3.8, 4) is 0 Å². The van der Waals surface area contributed by atoms with E-state index in [1.54, 1.807) is 0 Å². The van der Waals surface area contributed by atoms with Crippen LogP contribution in [0, 0.1) is 0 Å². The van der Waals surface area contributed by atoms with Crippen molar-refractivity contribution in [1.82, 2.24) is 10.4 Å². The summed E-state index contributed by atoms with van der Waals surface area (Å²) in [6.07, 6.45) is 6.15. The van der Waals surface area contributed by atoms with E-state index in [4.69, 9.17) is 7.85 Å². The Hall–Kier alpha value is -0.505. The van der Waals surface area contributed by atoms with Gasteiger partial charge in [-0.25, -0.2) is 5.01 Å². The standard InChI is InChI=1S/C8H15BN2O/c9-8(12)10-11-6-4-2-1-3-5-7-11/h1-7H2,(H,10,12). The Morgan fingerprint density at radius 1 is 1.08 bits per heavy atom.